The summed E-state index contributed by atoms with van der Waals surface area (Å²) in [6, 6.07) is 18.6. The van der Waals surface area contributed by atoms with E-state index in [-0.39, 0.29) is 30.0 Å². The second kappa shape index (κ2) is 19.4. The molecule has 0 radical (unpaired) electrons. The Balaban J connectivity index is 0.912. The van der Waals surface area contributed by atoms with E-state index in [1.54, 1.807) is 54.0 Å². The fourth-order valence-electron chi connectivity index (χ4n) is 7.84. The number of imide groups is 1. The zero-order chi connectivity index (χ0) is 43.9. The highest BCUT2D eigenvalue weighted by atomic mass is 32.2. The first-order valence-corrected chi connectivity index (χ1v) is 21.6. The van der Waals surface area contributed by atoms with Crippen LogP contribution in [0.1, 0.15) is 54.4 Å². The smallest absolute Gasteiger partial charge is 0.255 e. The molecule has 0 spiro atoms. The van der Waals surface area contributed by atoms with Gasteiger partial charge in [0.15, 0.2) is 0 Å². The number of carbonyl (C=O) groups excluding carboxylic acids is 5. The number of methoxy groups -OCH3 is 1. The van der Waals surface area contributed by atoms with Crippen LogP contribution in [0.3, 0.4) is 0 Å². The first-order chi connectivity index (χ1) is 29.9. The van der Waals surface area contributed by atoms with Gasteiger partial charge in [-0.1, -0.05) is 37.3 Å². The number of anilines is 4. The van der Waals surface area contributed by atoms with Crippen molar-refractivity contribution in [3.05, 3.63) is 96.8 Å². The van der Waals surface area contributed by atoms with Gasteiger partial charge in [-0.05, 0) is 67.0 Å². The fraction of sp³-hybridized carbons (Fsp3) is 0.326. The van der Waals surface area contributed by atoms with E-state index in [4.69, 9.17) is 9.72 Å². The van der Waals surface area contributed by atoms with Crippen molar-refractivity contribution >= 4 is 75.2 Å². The zero-order valence-corrected chi connectivity index (χ0v) is 36.2. The number of ether oxygens (including phenoxy) is 1. The van der Waals surface area contributed by atoms with Crippen LogP contribution >= 0.6 is 11.8 Å². The van der Waals surface area contributed by atoms with Crippen LogP contribution in [0.4, 0.5) is 23.0 Å². The predicted octanol–water partition coefficient (Wildman–Crippen LogP) is 6.52. The third-order valence-electron chi connectivity index (χ3n) is 11.3. The molecule has 5 amide bonds. The minimum Gasteiger partial charge on any atom is -0.494 e. The number of carbonyl (C=O) groups is 5. The molecule has 1 unspecified atom stereocenters. The maximum absolute atomic E-state index is 13.2. The van der Waals surface area contributed by atoms with Crippen LogP contribution in [0.5, 0.6) is 5.75 Å². The standard InChI is InChI=1S/C46H51N9O6S/c1-6-41(56)48-34-25-35(50-46-47-21-20-33(49-46)31-27-54(4)36-15-10-9-13-29(31)36)39(61-5)26-38(34)52(2)22-23-53(3)43(58)17-8-7-11-24-62-40-16-12-14-30-32(40)28-55(45(30)60)37-18-19-42(57)51-44(37)59/h6,9-10,12-16,20-21,25-27,37H,1,7-8,11,17-19,22-24,28H2,2-5H3,(H,48,56)(H,47,49,50)(H,51,57,59). The molecule has 1 fully saturated rings. The van der Waals surface area contributed by atoms with E-state index in [1.165, 1.54) is 6.08 Å². The number of aryl methyl sites for hydroxylation is 1. The number of piperidine rings is 1. The Kier molecular flexibility index (Phi) is 13.6. The first kappa shape index (κ1) is 43.4. The largest absolute Gasteiger partial charge is 0.494 e. The minimum atomic E-state index is -0.643. The van der Waals surface area contributed by atoms with E-state index in [0.717, 1.165) is 57.6 Å². The summed E-state index contributed by atoms with van der Waals surface area (Å²) in [6.07, 6.45) is 8.42. The van der Waals surface area contributed by atoms with Crippen LogP contribution in [-0.4, -0.2) is 100.0 Å². The summed E-state index contributed by atoms with van der Waals surface area (Å²) >= 11 is 1.68. The number of nitrogens with one attached hydrogen (secondary N) is 3. The molecule has 2 aliphatic heterocycles. The maximum atomic E-state index is 13.2. The molecule has 5 aromatic rings. The van der Waals surface area contributed by atoms with Crippen molar-refractivity contribution in [1.82, 2.24) is 29.7 Å². The lowest BCUT2D eigenvalue weighted by Gasteiger charge is -2.29. The Morgan fingerprint density at radius 2 is 1.84 bits per heavy atom. The molecule has 2 aliphatic rings. The molecule has 1 saturated heterocycles. The summed E-state index contributed by atoms with van der Waals surface area (Å²) < 4.78 is 7.87. The number of nitrogens with zero attached hydrogens (tertiary/aromatic N) is 6. The van der Waals surface area contributed by atoms with Crippen LogP contribution in [0.25, 0.3) is 22.2 Å². The molecule has 3 N–H and O–H groups in total. The van der Waals surface area contributed by atoms with Gasteiger partial charge in [0.1, 0.15) is 11.8 Å². The number of aromatic nitrogens is 3. The number of fused-ring (bicyclic) bond motifs is 2. The van der Waals surface area contributed by atoms with Crippen LogP contribution in [0.2, 0.25) is 0 Å². The average Bonchev–Trinajstić information content (AvgIpc) is 3.80. The number of likely N-dealkylation sites (N-methyl/N-ethyl adjacent to an activating group) is 2. The van der Waals surface area contributed by atoms with Gasteiger partial charge in [0.25, 0.3) is 5.91 Å². The van der Waals surface area contributed by atoms with Gasteiger partial charge in [-0.3, -0.25) is 29.3 Å². The summed E-state index contributed by atoms with van der Waals surface area (Å²) in [6.45, 7) is 4.90. The highest BCUT2D eigenvalue weighted by Gasteiger charge is 2.39. The number of para-hydroxylation sites is 1. The SMILES string of the molecule is C=CC(=O)Nc1cc(Nc2nccc(-c3cn(C)c4ccccc34)n2)c(OC)cc1N(C)CCN(C)C(=O)CCCCCSc1cccc2c1CN(C1CCC(=O)NC1=O)C2=O. The zero-order valence-electron chi connectivity index (χ0n) is 35.4. The number of hydrogen-bond acceptors (Lipinski definition) is 11. The molecule has 62 heavy (non-hydrogen) atoms. The number of rotatable bonds is 18. The molecule has 15 nitrogen and oxygen atoms in total. The molecule has 0 saturated carbocycles. The molecule has 2 aromatic heterocycles. The Morgan fingerprint density at radius 1 is 1.02 bits per heavy atom. The second-order valence-electron chi connectivity index (χ2n) is 15.4. The highest BCUT2D eigenvalue weighted by molar-refractivity contribution is 7.99. The summed E-state index contributed by atoms with van der Waals surface area (Å²) in [7, 11) is 7.26. The second-order valence-corrected chi connectivity index (χ2v) is 16.5. The Morgan fingerprint density at radius 3 is 2.63 bits per heavy atom. The van der Waals surface area contributed by atoms with Crippen molar-refractivity contribution in [3.63, 3.8) is 0 Å². The first-order valence-electron chi connectivity index (χ1n) is 20.6. The number of amides is 5. The van der Waals surface area contributed by atoms with Crippen molar-refractivity contribution in [2.45, 2.75) is 56.0 Å². The van der Waals surface area contributed by atoms with Crippen LogP contribution in [-0.2, 0) is 32.8 Å². The molecule has 4 heterocycles. The topological polar surface area (TPSA) is 171 Å². The summed E-state index contributed by atoms with van der Waals surface area (Å²) in [5.41, 5.74) is 6.09. The maximum Gasteiger partial charge on any atom is 0.255 e. The molecule has 16 heteroatoms. The number of benzene rings is 3. The van der Waals surface area contributed by atoms with Crippen LogP contribution < -0.4 is 25.6 Å². The molecular formula is C46H51N9O6S. The monoisotopic (exact) mass is 857 g/mol. The predicted molar refractivity (Wildman–Crippen MR) is 242 cm³/mol. The minimum absolute atomic E-state index is 0.0435. The van der Waals surface area contributed by atoms with Gasteiger partial charge in [0.05, 0.1) is 29.9 Å². The Bertz CT molecular complexity index is 2540. The van der Waals surface area contributed by atoms with Gasteiger partial charge in [-0.25, -0.2) is 9.97 Å². The quantitative estimate of drug-likeness (QED) is 0.0380. The average molecular weight is 858 g/mol. The third kappa shape index (κ3) is 9.60. The van der Waals surface area contributed by atoms with Crippen molar-refractivity contribution < 1.29 is 28.7 Å². The van der Waals surface area contributed by atoms with Gasteiger partial charge >= 0.3 is 0 Å². The van der Waals surface area contributed by atoms with Crippen LogP contribution in [0, 0.1) is 0 Å². The van der Waals surface area contributed by atoms with Crippen molar-refractivity contribution in [1.29, 1.82) is 0 Å². The van der Waals surface area contributed by atoms with Crippen molar-refractivity contribution in [3.8, 4) is 17.0 Å². The van der Waals surface area contributed by atoms with Gasteiger partial charge in [0.2, 0.25) is 29.6 Å². The lowest BCUT2D eigenvalue weighted by molar-refractivity contribution is -0.137. The lowest BCUT2D eigenvalue weighted by atomic mass is 10.0. The van der Waals surface area contributed by atoms with E-state index >= 15 is 0 Å². The molecule has 0 aliphatic carbocycles. The Hall–Kier alpha value is -6.68. The lowest BCUT2D eigenvalue weighted by Crippen LogP contribution is -2.52. The summed E-state index contributed by atoms with van der Waals surface area (Å²) in [5.74, 6) is 0.443. The molecule has 1 atom stereocenters. The number of hydrogen-bond donors (Lipinski definition) is 3. The highest BCUT2D eigenvalue weighted by Crippen LogP contribution is 2.39. The Labute approximate surface area is 364 Å². The number of unbranched alkanes of at least 4 members (excludes halogenated alkanes) is 2. The summed E-state index contributed by atoms with van der Waals surface area (Å²) in [4.78, 5) is 78.6. The van der Waals surface area contributed by atoms with Gasteiger partial charge in [-0.2, -0.15) is 0 Å². The normalized spacial score (nSPS) is 14.7. The molecule has 0 bridgehead atoms. The van der Waals surface area contributed by atoms with E-state index in [2.05, 4.69) is 44.2 Å². The molecule has 3 aromatic carbocycles. The van der Waals surface area contributed by atoms with Crippen molar-refractivity contribution in [2.75, 3.05) is 55.6 Å². The molecule has 7 rings (SSSR count). The third-order valence-corrected chi connectivity index (χ3v) is 12.5. The summed E-state index contributed by atoms with van der Waals surface area (Å²) in [5, 5.41) is 9.63. The van der Waals surface area contributed by atoms with Gasteiger partial charge in [-0.15, -0.1) is 11.8 Å². The number of thioether (sulfide) groups is 1. The van der Waals surface area contributed by atoms with Gasteiger partial charge in [0, 0.05) is 99.0 Å². The van der Waals surface area contributed by atoms with E-state index < -0.39 is 11.9 Å². The van der Waals surface area contributed by atoms with E-state index in [9.17, 15) is 24.0 Å². The van der Waals surface area contributed by atoms with Crippen LogP contribution in [0.15, 0.2) is 90.6 Å². The van der Waals surface area contributed by atoms with Gasteiger partial charge < -0.3 is 34.6 Å². The van der Waals surface area contributed by atoms with E-state index in [1.807, 2.05) is 61.6 Å². The van der Waals surface area contributed by atoms with E-state index in [0.29, 0.717) is 66.8 Å². The molecule has 322 valence electrons. The fourth-order valence-corrected chi connectivity index (χ4v) is 8.93. The van der Waals surface area contributed by atoms with Crippen molar-refractivity contribution in [2.24, 2.45) is 7.05 Å². The molecular weight excluding hydrogens is 807 g/mol.